The highest BCUT2D eigenvalue weighted by Gasteiger charge is 2.13. The molecule has 0 radical (unpaired) electrons. The zero-order valence-corrected chi connectivity index (χ0v) is 11.5. The molecule has 0 unspecified atom stereocenters. The normalized spacial score (nSPS) is 17.6. The second-order valence-corrected chi connectivity index (χ2v) is 5.63. The van der Waals surface area contributed by atoms with Gasteiger partial charge in [-0.05, 0) is 68.0 Å². The van der Waals surface area contributed by atoms with Gasteiger partial charge in [0, 0.05) is 4.47 Å². The first-order chi connectivity index (χ1) is 7.78. The van der Waals surface area contributed by atoms with Crippen LogP contribution in [0.1, 0.15) is 30.9 Å². The van der Waals surface area contributed by atoms with E-state index >= 15 is 0 Å². The zero-order chi connectivity index (χ0) is 11.4. The van der Waals surface area contributed by atoms with Crippen molar-refractivity contribution < 1.29 is 0 Å². The highest BCUT2D eigenvalue weighted by Crippen LogP contribution is 2.22. The molecule has 1 aromatic rings. The van der Waals surface area contributed by atoms with Gasteiger partial charge in [-0.15, -0.1) is 0 Å². The van der Waals surface area contributed by atoms with Crippen molar-refractivity contribution in [1.29, 1.82) is 0 Å². The van der Waals surface area contributed by atoms with Crippen LogP contribution in [0.5, 0.6) is 0 Å². The third-order valence-corrected chi connectivity index (χ3v) is 3.87. The van der Waals surface area contributed by atoms with Crippen LogP contribution in [0, 0.1) is 5.92 Å². The van der Waals surface area contributed by atoms with Crippen molar-refractivity contribution in [3.8, 4) is 0 Å². The van der Waals surface area contributed by atoms with Crippen molar-refractivity contribution >= 4 is 15.9 Å². The number of halogens is 1. The van der Waals surface area contributed by atoms with Crippen molar-refractivity contribution in [2.24, 2.45) is 5.92 Å². The molecule has 1 fully saturated rings. The Hall–Kier alpha value is -0.340. The molecule has 1 N–H and O–H groups in total. The molecule has 1 saturated heterocycles. The number of nitrogens with one attached hydrogen (secondary N) is 1. The summed E-state index contributed by atoms with van der Waals surface area (Å²) in [6.07, 6.45) is 5.02. The molecule has 16 heavy (non-hydrogen) atoms. The first-order valence-corrected chi connectivity index (χ1v) is 7.06. The molecule has 0 aromatic heterocycles. The number of benzene rings is 1. The van der Waals surface area contributed by atoms with Crippen LogP contribution in [0.15, 0.2) is 22.7 Å². The van der Waals surface area contributed by atoms with Gasteiger partial charge in [0.05, 0.1) is 0 Å². The monoisotopic (exact) mass is 281 g/mol. The Balaban J connectivity index is 2.04. The molecule has 1 aliphatic heterocycles. The van der Waals surface area contributed by atoms with E-state index < -0.39 is 0 Å². The number of piperidine rings is 1. The maximum absolute atomic E-state index is 3.61. The molecule has 1 nitrogen and oxygen atoms in total. The van der Waals surface area contributed by atoms with E-state index in [9.17, 15) is 0 Å². The van der Waals surface area contributed by atoms with Gasteiger partial charge >= 0.3 is 0 Å². The maximum Gasteiger partial charge on any atom is 0.0180 e. The van der Waals surface area contributed by atoms with Gasteiger partial charge in [-0.25, -0.2) is 0 Å². The Morgan fingerprint density at radius 1 is 1.19 bits per heavy atom. The molecule has 1 heterocycles. The lowest BCUT2D eigenvalue weighted by atomic mass is 9.90. The van der Waals surface area contributed by atoms with Crippen molar-refractivity contribution in [3.63, 3.8) is 0 Å². The summed E-state index contributed by atoms with van der Waals surface area (Å²) in [6.45, 7) is 4.61. The standard InChI is InChI=1S/C14H20BrN/c1-2-11-7-13(10-14(15)9-11)8-12-3-5-16-6-4-12/h7,9-10,12,16H,2-6,8H2,1H3. The van der Waals surface area contributed by atoms with Crippen LogP contribution in [0.25, 0.3) is 0 Å². The third-order valence-electron chi connectivity index (χ3n) is 3.41. The van der Waals surface area contributed by atoms with E-state index in [4.69, 9.17) is 0 Å². The summed E-state index contributed by atoms with van der Waals surface area (Å²) in [6, 6.07) is 6.87. The molecule has 0 aliphatic carbocycles. The highest BCUT2D eigenvalue weighted by atomic mass is 79.9. The summed E-state index contributed by atoms with van der Waals surface area (Å²) in [5.74, 6) is 0.875. The van der Waals surface area contributed by atoms with Crippen LogP contribution in [-0.2, 0) is 12.8 Å². The minimum atomic E-state index is 0.875. The van der Waals surface area contributed by atoms with Gasteiger partial charge in [-0.1, -0.05) is 28.9 Å². The van der Waals surface area contributed by atoms with E-state index in [-0.39, 0.29) is 0 Å². The number of hydrogen-bond donors (Lipinski definition) is 1. The summed E-state index contributed by atoms with van der Waals surface area (Å²) in [7, 11) is 0. The molecule has 88 valence electrons. The predicted molar refractivity (Wildman–Crippen MR) is 72.8 cm³/mol. The minimum absolute atomic E-state index is 0.875. The van der Waals surface area contributed by atoms with Crippen molar-refractivity contribution in [1.82, 2.24) is 5.32 Å². The summed E-state index contributed by atoms with van der Waals surface area (Å²) in [5.41, 5.74) is 2.94. The molecule has 0 bridgehead atoms. The van der Waals surface area contributed by atoms with Crippen molar-refractivity contribution in [3.05, 3.63) is 33.8 Å². The Labute approximate surface area is 107 Å². The fraction of sp³-hybridized carbons (Fsp3) is 0.571. The number of aryl methyl sites for hydroxylation is 1. The molecule has 2 rings (SSSR count). The van der Waals surface area contributed by atoms with E-state index in [1.165, 1.54) is 48.0 Å². The van der Waals surface area contributed by atoms with Crippen LogP contribution in [0.3, 0.4) is 0 Å². The summed E-state index contributed by atoms with van der Waals surface area (Å²) < 4.78 is 1.23. The summed E-state index contributed by atoms with van der Waals surface area (Å²) >= 11 is 3.61. The Kier molecular flexibility index (Phi) is 4.42. The van der Waals surface area contributed by atoms with Crippen LogP contribution in [-0.4, -0.2) is 13.1 Å². The number of rotatable bonds is 3. The predicted octanol–water partition coefficient (Wildman–Crippen LogP) is 3.55. The topological polar surface area (TPSA) is 12.0 Å². The summed E-state index contributed by atoms with van der Waals surface area (Å²) in [4.78, 5) is 0. The SMILES string of the molecule is CCc1cc(Br)cc(CC2CCNCC2)c1. The van der Waals surface area contributed by atoms with Crippen LogP contribution in [0.2, 0.25) is 0 Å². The molecule has 1 aromatic carbocycles. The largest absolute Gasteiger partial charge is 0.317 e. The first kappa shape index (κ1) is 12.1. The fourth-order valence-electron chi connectivity index (χ4n) is 2.46. The maximum atomic E-state index is 3.61. The molecular formula is C14H20BrN. The lowest BCUT2D eigenvalue weighted by molar-refractivity contribution is 0.372. The molecule has 0 saturated carbocycles. The lowest BCUT2D eigenvalue weighted by Gasteiger charge is -2.22. The number of hydrogen-bond acceptors (Lipinski definition) is 1. The van der Waals surface area contributed by atoms with Crippen LogP contribution >= 0.6 is 15.9 Å². The van der Waals surface area contributed by atoms with Gasteiger partial charge in [0.1, 0.15) is 0 Å². The molecule has 0 amide bonds. The van der Waals surface area contributed by atoms with Gasteiger partial charge in [-0.3, -0.25) is 0 Å². The third kappa shape index (κ3) is 3.33. The van der Waals surface area contributed by atoms with E-state index in [1.807, 2.05) is 0 Å². The summed E-state index contributed by atoms with van der Waals surface area (Å²) in [5, 5.41) is 3.43. The van der Waals surface area contributed by atoms with E-state index in [0.717, 1.165) is 12.3 Å². The van der Waals surface area contributed by atoms with Gasteiger partial charge in [0.15, 0.2) is 0 Å². The average molecular weight is 282 g/mol. The molecule has 0 spiro atoms. The van der Waals surface area contributed by atoms with Gasteiger partial charge < -0.3 is 5.32 Å². The van der Waals surface area contributed by atoms with E-state index in [0.29, 0.717) is 0 Å². The van der Waals surface area contributed by atoms with Crippen LogP contribution < -0.4 is 5.32 Å². The molecule has 0 atom stereocenters. The second kappa shape index (κ2) is 5.83. The smallest absolute Gasteiger partial charge is 0.0180 e. The zero-order valence-electron chi connectivity index (χ0n) is 9.93. The molecule has 1 aliphatic rings. The highest BCUT2D eigenvalue weighted by molar-refractivity contribution is 9.10. The lowest BCUT2D eigenvalue weighted by Crippen LogP contribution is -2.28. The quantitative estimate of drug-likeness (QED) is 0.894. The Morgan fingerprint density at radius 3 is 2.56 bits per heavy atom. The average Bonchev–Trinajstić information content (AvgIpc) is 2.29. The van der Waals surface area contributed by atoms with Crippen molar-refractivity contribution in [2.45, 2.75) is 32.6 Å². The van der Waals surface area contributed by atoms with Gasteiger partial charge in [-0.2, -0.15) is 0 Å². The van der Waals surface area contributed by atoms with Crippen molar-refractivity contribution in [2.75, 3.05) is 13.1 Å². The second-order valence-electron chi connectivity index (χ2n) is 4.72. The van der Waals surface area contributed by atoms with Gasteiger partial charge in [0.2, 0.25) is 0 Å². The molecule has 2 heteroatoms. The van der Waals surface area contributed by atoms with E-state index in [1.54, 1.807) is 0 Å². The van der Waals surface area contributed by atoms with Gasteiger partial charge in [0.25, 0.3) is 0 Å². The minimum Gasteiger partial charge on any atom is -0.317 e. The first-order valence-electron chi connectivity index (χ1n) is 6.27. The Bertz CT molecular complexity index is 343. The fourth-order valence-corrected chi connectivity index (χ4v) is 3.05. The van der Waals surface area contributed by atoms with E-state index in [2.05, 4.69) is 46.4 Å². The van der Waals surface area contributed by atoms with Crippen LogP contribution in [0.4, 0.5) is 0 Å². The molecular weight excluding hydrogens is 262 g/mol. The Morgan fingerprint density at radius 2 is 1.88 bits per heavy atom.